The first kappa shape index (κ1) is 17.1. The normalized spacial score (nSPS) is 12.5. The van der Waals surface area contributed by atoms with Crippen molar-refractivity contribution in [2.45, 2.75) is 26.8 Å². The fourth-order valence-corrected chi connectivity index (χ4v) is 2.10. The number of amides is 1. The molecule has 0 aliphatic rings. The van der Waals surface area contributed by atoms with Crippen LogP contribution in [0.5, 0.6) is 0 Å². The van der Waals surface area contributed by atoms with E-state index in [2.05, 4.69) is 5.32 Å². The maximum atomic E-state index is 12.2. The van der Waals surface area contributed by atoms with Crippen LogP contribution in [0.2, 0.25) is 10.0 Å². The summed E-state index contributed by atoms with van der Waals surface area (Å²) >= 11 is 11.9. The van der Waals surface area contributed by atoms with E-state index in [1.807, 2.05) is 20.8 Å². The Morgan fingerprint density at radius 2 is 1.90 bits per heavy atom. The molecule has 0 saturated heterocycles. The van der Waals surface area contributed by atoms with Crippen molar-refractivity contribution in [2.75, 3.05) is 18.9 Å². The van der Waals surface area contributed by atoms with Crippen LogP contribution in [0.25, 0.3) is 0 Å². The molecule has 0 aliphatic carbocycles. The van der Waals surface area contributed by atoms with Gasteiger partial charge < -0.3 is 15.8 Å². The van der Waals surface area contributed by atoms with Crippen molar-refractivity contribution < 1.29 is 9.53 Å². The SMILES string of the molecule is CCOCC(NC(=O)c1cc(Cl)c(N)c(Cl)c1)C(C)C. The summed E-state index contributed by atoms with van der Waals surface area (Å²) in [5, 5.41) is 3.46. The Hall–Kier alpha value is -0.970. The zero-order valence-electron chi connectivity index (χ0n) is 11.9. The maximum Gasteiger partial charge on any atom is 0.251 e. The highest BCUT2D eigenvalue weighted by Gasteiger charge is 2.18. The molecule has 0 spiro atoms. The van der Waals surface area contributed by atoms with Crippen molar-refractivity contribution in [1.29, 1.82) is 0 Å². The van der Waals surface area contributed by atoms with Crippen molar-refractivity contribution in [1.82, 2.24) is 5.32 Å². The summed E-state index contributed by atoms with van der Waals surface area (Å²) in [6.45, 7) is 7.04. The number of halogens is 2. The second-order valence-electron chi connectivity index (χ2n) is 4.84. The topological polar surface area (TPSA) is 64.3 Å². The molecule has 0 aliphatic heterocycles. The van der Waals surface area contributed by atoms with Gasteiger partial charge in [-0.2, -0.15) is 0 Å². The van der Waals surface area contributed by atoms with Crippen LogP contribution < -0.4 is 11.1 Å². The molecule has 1 rings (SSSR count). The summed E-state index contributed by atoms with van der Waals surface area (Å²) in [6.07, 6.45) is 0. The van der Waals surface area contributed by atoms with Crippen LogP contribution in [0.4, 0.5) is 5.69 Å². The van der Waals surface area contributed by atoms with E-state index < -0.39 is 0 Å². The molecular formula is C14H20Cl2N2O2. The number of nitrogen functional groups attached to an aromatic ring is 1. The Bertz CT molecular complexity index is 455. The molecule has 112 valence electrons. The predicted molar refractivity (Wildman–Crippen MR) is 83.5 cm³/mol. The number of benzene rings is 1. The van der Waals surface area contributed by atoms with Crippen LogP contribution in [0.1, 0.15) is 31.1 Å². The van der Waals surface area contributed by atoms with Crippen molar-refractivity contribution in [2.24, 2.45) is 5.92 Å². The van der Waals surface area contributed by atoms with E-state index in [4.69, 9.17) is 33.7 Å². The number of ether oxygens (including phenoxy) is 1. The molecule has 0 bridgehead atoms. The number of hydrogen-bond acceptors (Lipinski definition) is 3. The van der Waals surface area contributed by atoms with Crippen molar-refractivity contribution in [3.05, 3.63) is 27.7 Å². The van der Waals surface area contributed by atoms with Crippen molar-refractivity contribution in [3.63, 3.8) is 0 Å². The van der Waals surface area contributed by atoms with E-state index in [0.717, 1.165) is 0 Å². The Kier molecular flexibility index (Phi) is 6.59. The van der Waals surface area contributed by atoms with Gasteiger partial charge in [0.2, 0.25) is 0 Å². The van der Waals surface area contributed by atoms with E-state index in [1.54, 1.807) is 0 Å². The molecule has 20 heavy (non-hydrogen) atoms. The maximum absolute atomic E-state index is 12.2. The number of hydrogen-bond donors (Lipinski definition) is 2. The largest absolute Gasteiger partial charge is 0.396 e. The molecule has 0 saturated carbocycles. The molecule has 0 aromatic heterocycles. The van der Waals surface area contributed by atoms with E-state index in [1.165, 1.54) is 12.1 Å². The second kappa shape index (κ2) is 7.72. The number of anilines is 1. The Labute approximate surface area is 129 Å². The third-order valence-electron chi connectivity index (χ3n) is 2.96. The van der Waals surface area contributed by atoms with E-state index in [0.29, 0.717) is 18.8 Å². The van der Waals surface area contributed by atoms with Gasteiger partial charge in [0, 0.05) is 12.2 Å². The smallest absolute Gasteiger partial charge is 0.251 e. The first-order valence-electron chi connectivity index (χ1n) is 6.49. The molecule has 1 aromatic carbocycles. The lowest BCUT2D eigenvalue weighted by Crippen LogP contribution is -2.41. The van der Waals surface area contributed by atoms with Gasteiger partial charge in [-0.05, 0) is 25.0 Å². The third-order valence-corrected chi connectivity index (χ3v) is 3.59. The van der Waals surface area contributed by atoms with Crippen LogP contribution in [-0.4, -0.2) is 25.2 Å². The van der Waals surface area contributed by atoms with Crippen LogP contribution in [0.15, 0.2) is 12.1 Å². The Balaban J connectivity index is 2.83. The van der Waals surface area contributed by atoms with Gasteiger partial charge in [-0.3, -0.25) is 4.79 Å². The number of carbonyl (C=O) groups excluding carboxylic acids is 1. The van der Waals surface area contributed by atoms with Crippen molar-refractivity contribution >= 4 is 34.8 Å². The number of rotatable bonds is 6. The van der Waals surface area contributed by atoms with Gasteiger partial charge in [-0.25, -0.2) is 0 Å². The number of nitrogens with one attached hydrogen (secondary N) is 1. The lowest BCUT2D eigenvalue weighted by Gasteiger charge is -2.22. The molecule has 1 atom stereocenters. The quantitative estimate of drug-likeness (QED) is 0.790. The fourth-order valence-electron chi connectivity index (χ4n) is 1.61. The minimum absolute atomic E-state index is 0.0717. The molecule has 0 heterocycles. The Morgan fingerprint density at radius 3 is 2.35 bits per heavy atom. The second-order valence-corrected chi connectivity index (χ2v) is 5.65. The van der Waals surface area contributed by atoms with Gasteiger partial charge in [0.1, 0.15) is 0 Å². The molecule has 0 radical (unpaired) electrons. The minimum Gasteiger partial charge on any atom is -0.396 e. The summed E-state index contributed by atoms with van der Waals surface area (Å²) in [4.78, 5) is 12.2. The van der Waals surface area contributed by atoms with Gasteiger partial charge in [-0.1, -0.05) is 37.0 Å². The monoisotopic (exact) mass is 318 g/mol. The summed E-state index contributed by atoms with van der Waals surface area (Å²) in [7, 11) is 0. The first-order chi connectivity index (χ1) is 9.36. The van der Waals surface area contributed by atoms with Gasteiger partial charge in [0.25, 0.3) is 5.91 Å². The Morgan fingerprint density at radius 1 is 1.35 bits per heavy atom. The van der Waals surface area contributed by atoms with Crippen LogP contribution in [0.3, 0.4) is 0 Å². The molecule has 4 nitrogen and oxygen atoms in total. The standard InChI is InChI=1S/C14H20Cl2N2O2/c1-4-20-7-12(8(2)3)18-14(19)9-5-10(15)13(17)11(16)6-9/h5-6,8,12H,4,7,17H2,1-3H3,(H,18,19). The van der Waals surface area contributed by atoms with Crippen LogP contribution in [-0.2, 0) is 4.74 Å². The van der Waals surface area contributed by atoms with Crippen molar-refractivity contribution in [3.8, 4) is 0 Å². The van der Waals surface area contributed by atoms with E-state index in [9.17, 15) is 4.79 Å². The highest BCUT2D eigenvalue weighted by molar-refractivity contribution is 6.39. The van der Waals surface area contributed by atoms with Gasteiger partial charge in [0.15, 0.2) is 0 Å². The lowest BCUT2D eigenvalue weighted by atomic mass is 10.0. The summed E-state index contributed by atoms with van der Waals surface area (Å²) < 4.78 is 5.37. The molecule has 1 unspecified atom stereocenters. The highest BCUT2D eigenvalue weighted by Crippen LogP contribution is 2.28. The molecule has 6 heteroatoms. The minimum atomic E-state index is -0.243. The fraction of sp³-hybridized carbons (Fsp3) is 0.500. The summed E-state index contributed by atoms with van der Waals surface area (Å²) in [5.41, 5.74) is 6.31. The average Bonchev–Trinajstić information content (AvgIpc) is 2.39. The average molecular weight is 319 g/mol. The number of carbonyl (C=O) groups is 1. The third kappa shape index (κ3) is 4.54. The highest BCUT2D eigenvalue weighted by atomic mass is 35.5. The first-order valence-corrected chi connectivity index (χ1v) is 7.25. The summed E-state index contributed by atoms with van der Waals surface area (Å²) in [6, 6.07) is 2.95. The van der Waals surface area contributed by atoms with Gasteiger partial charge >= 0.3 is 0 Å². The molecule has 3 N–H and O–H groups in total. The van der Waals surface area contributed by atoms with Gasteiger partial charge in [-0.15, -0.1) is 0 Å². The van der Waals surface area contributed by atoms with Crippen LogP contribution >= 0.6 is 23.2 Å². The van der Waals surface area contributed by atoms with E-state index in [-0.39, 0.29) is 33.6 Å². The summed E-state index contributed by atoms with van der Waals surface area (Å²) in [5.74, 6) is 0.0115. The zero-order chi connectivity index (χ0) is 15.3. The lowest BCUT2D eigenvalue weighted by molar-refractivity contribution is 0.0806. The zero-order valence-corrected chi connectivity index (χ0v) is 13.4. The molecule has 1 amide bonds. The van der Waals surface area contributed by atoms with Crippen LogP contribution in [0, 0.1) is 5.92 Å². The van der Waals surface area contributed by atoms with E-state index >= 15 is 0 Å². The molecular weight excluding hydrogens is 299 g/mol. The van der Waals surface area contributed by atoms with Gasteiger partial charge in [0.05, 0.1) is 28.4 Å². The number of nitrogens with two attached hydrogens (primary N) is 1. The molecule has 0 fully saturated rings. The predicted octanol–water partition coefficient (Wildman–Crippen LogP) is 3.37. The molecule has 1 aromatic rings.